The minimum absolute atomic E-state index is 0.0967. The third kappa shape index (κ3) is 2.64. The van der Waals surface area contributed by atoms with Crippen molar-refractivity contribution in [1.29, 1.82) is 0 Å². The Morgan fingerprint density at radius 1 is 1.15 bits per heavy atom. The van der Waals surface area contributed by atoms with Gasteiger partial charge in [-0.1, -0.05) is 11.6 Å². The van der Waals surface area contributed by atoms with Crippen molar-refractivity contribution in [3.8, 4) is 0 Å². The number of aromatic amines is 1. The van der Waals surface area contributed by atoms with Gasteiger partial charge >= 0.3 is 0 Å². The van der Waals surface area contributed by atoms with Crippen LogP contribution in [0.3, 0.4) is 0 Å². The molecule has 20 heavy (non-hydrogen) atoms. The average molecular weight is 268 g/mol. The van der Waals surface area contributed by atoms with Crippen LogP contribution < -0.4 is 10.9 Å². The van der Waals surface area contributed by atoms with Crippen LogP contribution in [0.25, 0.3) is 10.9 Å². The molecule has 1 aliphatic carbocycles. The first-order valence-electron chi connectivity index (χ1n) is 6.85. The van der Waals surface area contributed by atoms with E-state index >= 15 is 0 Å². The summed E-state index contributed by atoms with van der Waals surface area (Å²) >= 11 is 0. The van der Waals surface area contributed by atoms with Crippen molar-refractivity contribution >= 4 is 22.5 Å². The highest BCUT2D eigenvalue weighted by Crippen LogP contribution is 2.24. The summed E-state index contributed by atoms with van der Waals surface area (Å²) in [6.45, 7) is 0. The van der Waals surface area contributed by atoms with Gasteiger partial charge in [-0.15, -0.1) is 0 Å². The molecule has 0 unspecified atom stereocenters. The summed E-state index contributed by atoms with van der Waals surface area (Å²) in [7, 11) is 0. The van der Waals surface area contributed by atoms with E-state index in [4.69, 9.17) is 0 Å². The number of carbonyl (C=O) groups is 1. The van der Waals surface area contributed by atoms with E-state index in [2.05, 4.69) is 10.3 Å². The third-order valence-electron chi connectivity index (χ3n) is 3.60. The fourth-order valence-corrected chi connectivity index (χ4v) is 2.62. The maximum atomic E-state index is 12.0. The van der Waals surface area contributed by atoms with Gasteiger partial charge in [-0.2, -0.15) is 0 Å². The van der Waals surface area contributed by atoms with Crippen molar-refractivity contribution in [1.82, 2.24) is 4.98 Å². The summed E-state index contributed by atoms with van der Waals surface area (Å²) in [4.78, 5) is 26.1. The molecule has 1 fully saturated rings. The van der Waals surface area contributed by atoms with Gasteiger partial charge < -0.3 is 10.3 Å². The lowest BCUT2D eigenvalue weighted by atomic mass is 10.1. The lowest BCUT2D eigenvalue weighted by Gasteiger charge is -2.07. The number of allylic oxidation sites excluding steroid dienone is 1. The van der Waals surface area contributed by atoms with E-state index < -0.39 is 0 Å². The molecule has 0 spiro atoms. The van der Waals surface area contributed by atoms with E-state index in [1.165, 1.54) is 24.5 Å². The molecule has 1 saturated carbocycles. The van der Waals surface area contributed by atoms with Crippen molar-refractivity contribution in [2.45, 2.75) is 25.7 Å². The molecule has 2 N–H and O–H groups in total. The molecule has 1 heterocycles. The smallest absolute Gasteiger partial charge is 0.248 e. The Hall–Kier alpha value is -2.36. The molecule has 0 bridgehead atoms. The monoisotopic (exact) mass is 268 g/mol. The number of fused-ring (bicyclic) bond motifs is 1. The number of carbonyl (C=O) groups excluding carboxylic acids is 1. The Labute approximate surface area is 116 Å². The van der Waals surface area contributed by atoms with Gasteiger partial charge in [0.05, 0.1) is 11.2 Å². The number of amides is 1. The Morgan fingerprint density at radius 2 is 1.95 bits per heavy atom. The summed E-state index contributed by atoms with van der Waals surface area (Å²) in [6.07, 6.45) is 6.10. The number of nitrogens with one attached hydrogen (secondary N) is 2. The highest BCUT2D eigenvalue weighted by molar-refractivity contribution is 6.05. The minimum Gasteiger partial charge on any atom is -0.322 e. The van der Waals surface area contributed by atoms with Gasteiger partial charge in [-0.3, -0.25) is 9.59 Å². The summed E-state index contributed by atoms with van der Waals surface area (Å²) in [5.74, 6) is -0.0967. The third-order valence-corrected chi connectivity index (χ3v) is 3.60. The first-order chi connectivity index (χ1) is 9.72. The fraction of sp³-hybridized carbons (Fsp3) is 0.250. The molecule has 1 amide bonds. The molecule has 1 aromatic heterocycles. The molecule has 4 heteroatoms. The Kier molecular flexibility index (Phi) is 3.37. The van der Waals surface area contributed by atoms with Crippen molar-refractivity contribution in [3.05, 3.63) is 52.3 Å². The Morgan fingerprint density at radius 3 is 2.75 bits per heavy atom. The fourth-order valence-electron chi connectivity index (χ4n) is 2.62. The van der Waals surface area contributed by atoms with Crippen LogP contribution in [0.5, 0.6) is 0 Å². The zero-order chi connectivity index (χ0) is 13.9. The molecule has 0 atom stereocenters. The number of aromatic nitrogens is 1. The summed E-state index contributed by atoms with van der Waals surface area (Å²) in [5.41, 5.74) is 2.52. The van der Waals surface area contributed by atoms with E-state index in [1.807, 2.05) is 18.2 Å². The van der Waals surface area contributed by atoms with Crippen molar-refractivity contribution in [3.63, 3.8) is 0 Å². The molecular weight excluding hydrogens is 252 g/mol. The van der Waals surface area contributed by atoms with Crippen molar-refractivity contribution in [2.24, 2.45) is 0 Å². The molecule has 1 aromatic carbocycles. The number of hydrogen-bond acceptors (Lipinski definition) is 2. The predicted molar refractivity (Wildman–Crippen MR) is 79.7 cm³/mol. The van der Waals surface area contributed by atoms with Crippen LogP contribution in [0.2, 0.25) is 0 Å². The maximum absolute atomic E-state index is 12.0. The van der Waals surface area contributed by atoms with Gasteiger partial charge in [0.2, 0.25) is 11.5 Å². The lowest BCUT2D eigenvalue weighted by Crippen LogP contribution is -2.10. The van der Waals surface area contributed by atoms with E-state index in [0.717, 1.165) is 29.4 Å². The molecule has 2 aromatic rings. The van der Waals surface area contributed by atoms with Crippen LogP contribution in [0.15, 0.2) is 46.8 Å². The van der Waals surface area contributed by atoms with E-state index in [-0.39, 0.29) is 11.5 Å². The second kappa shape index (κ2) is 5.33. The largest absolute Gasteiger partial charge is 0.322 e. The molecule has 0 saturated heterocycles. The molecule has 102 valence electrons. The summed E-state index contributed by atoms with van der Waals surface area (Å²) in [6, 6.07) is 8.67. The van der Waals surface area contributed by atoms with Crippen LogP contribution >= 0.6 is 0 Å². The van der Waals surface area contributed by atoms with Crippen LogP contribution in [-0.2, 0) is 4.79 Å². The van der Waals surface area contributed by atoms with Gasteiger partial charge in [0, 0.05) is 17.5 Å². The van der Waals surface area contributed by atoms with E-state index in [1.54, 1.807) is 12.1 Å². The number of pyridine rings is 1. The van der Waals surface area contributed by atoms with Crippen LogP contribution in [0.1, 0.15) is 25.7 Å². The van der Waals surface area contributed by atoms with Crippen molar-refractivity contribution < 1.29 is 4.79 Å². The molecule has 3 rings (SSSR count). The standard InChI is InChI=1S/C16H16N2O2/c19-15-9-8-12-13(17-15)6-3-7-14(12)18-16(20)10-11-4-1-2-5-11/h3,6-10H,1-2,4-5H2,(H,17,19)(H,18,20). The number of benzene rings is 1. The highest BCUT2D eigenvalue weighted by atomic mass is 16.1. The van der Waals surface area contributed by atoms with Crippen LogP contribution in [0.4, 0.5) is 5.69 Å². The zero-order valence-electron chi connectivity index (χ0n) is 11.1. The number of rotatable bonds is 2. The number of anilines is 1. The number of H-pyrrole nitrogens is 1. The normalized spacial score (nSPS) is 14.5. The number of hydrogen-bond donors (Lipinski definition) is 2. The first-order valence-corrected chi connectivity index (χ1v) is 6.85. The first kappa shape index (κ1) is 12.7. The van der Waals surface area contributed by atoms with Crippen molar-refractivity contribution in [2.75, 3.05) is 5.32 Å². The van der Waals surface area contributed by atoms with Crippen LogP contribution in [-0.4, -0.2) is 10.9 Å². The molecule has 4 nitrogen and oxygen atoms in total. The van der Waals surface area contributed by atoms with Gasteiger partial charge in [0.1, 0.15) is 0 Å². The lowest BCUT2D eigenvalue weighted by molar-refractivity contribution is -0.111. The average Bonchev–Trinajstić information content (AvgIpc) is 2.91. The molecule has 0 radical (unpaired) electrons. The van der Waals surface area contributed by atoms with Crippen LogP contribution in [0, 0.1) is 0 Å². The molecule has 0 aliphatic heterocycles. The molecule has 1 aliphatic rings. The summed E-state index contributed by atoms with van der Waals surface area (Å²) < 4.78 is 0. The summed E-state index contributed by atoms with van der Waals surface area (Å²) in [5, 5.41) is 3.73. The zero-order valence-corrected chi connectivity index (χ0v) is 11.1. The predicted octanol–water partition coefficient (Wildman–Crippen LogP) is 2.97. The Bertz CT molecular complexity index is 735. The van der Waals surface area contributed by atoms with E-state index in [0.29, 0.717) is 0 Å². The van der Waals surface area contributed by atoms with E-state index in [9.17, 15) is 9.59 Å². The van der Waals surface area contributed by atoms with Gasteiger partial charge in [-0.05, 0) is 43.9 Å². The molecular formula is C16H16N2O2. The topological polar surface area (TPSA) is 62.0 Å². The van der Waals surface area contributed by atoms with Gasteiger partial charge in [0.15, 0.2) is 0 Å². The SMILES string of the molecule is O=C(C=C1CCCC1)Nc1cccc2[nH]c(=O)ccc12. The van der Waals surface area contributed by atoms with Gasteiger partial charge in [0.25, 0.3) is 0 Å². The maximum Gasteiger partial charge on any atom is 0.248 e. The Balaban J connectivity index is 1.89. The minimum atomic E-state index is -0.144. The second-order valence-corrected chi connectivity index (χ2v) is 5.09. The highest BCUT2D eigenvalue weighted by Gasteiger charge is 2.09. The second-order valence-electron chi connectivity index (χ2n) is 5.09. The van der Waals surface area contributed by atoms with Gasteiger partial charge in [-0.25, -0.2) is 0 Å². The quantitative estimate of drug-likeness (QED) is 0.822.